The van der Waals surface area contributed by atoms with Crippen molar-refractivity contribution in [3.05, 3.63) is 47.5 Å². The van der Waals surface area contributed by atoms with Crippen LogP contribution in [0.2, 0.25) is 0 Å². The van der Waals surface area contributed by atoms with E-state index in [0.717, 1.165) is 0 Å². The average Bonchev–Trinajstić information content (AvgIpc) is 3.07. The van der Waals surface area contributed by atoms with Crippen LogP contribution in [0, 0.1) is 32.5 Å². The zero-order valence-electron chi connectivity index (χ0n) is 39.7. The Morgan fingerprint density at radius 3 is 0.672 bits per heavy atom. The van der Waals surface area contributed by atoms with Gasteiger partial charge in [-0.05, 0) is 36.4 Å². The second kappa shape index (κ2) is 34.1. The van der Waals surface area contributed by atoms with Crippen molar-refractivity contribution >= 4 is 5.78 Å². The fourth-order valence-electron chi connectivity index (χ4n) is 1.78. The SMILES string of the molecule is CC(C)(C)C[O-].CC(C)(C)C[O-].CC(C)(C)C[O-].CC(C)(C)C[O-].CC(C)(C)C[O-].CC(C)(C)C[O-].COc1ccc(C(=O)c2ccc(OC)cc2[O-])c([O-])c1.[Ti+4].[Ti+4]. The fraction of sp³-hybridized carbons (Fsp3) is 0.711. The minimum absolute atomic E-state index is 0. The van der Waals surface area contributed by atoms with E-state index in [1.807, 2.05) is 125 Å². The second-order valence-electron chi connectivity index (χ2n) is 20.3. The summed E-state index contributed by atoms with van der Waals surface area (Å²) in [6.07, 6.45) is 0. The molecule has 13 heteroatoms. The summed E-state index contributed by atoms with van der Waals surface area (Å²) in [4.78, 5) is 12.2. The average molecular weight is 891 g/mol. The van der Waals surface area contributed by atoms with Crippen molar-refractivity contribution < 1.29 is 98.6 Å². The van der Waals surface area contributed by atoms with E-state index in [0.29, 0.717) is 11.5 Å². The molecule has 0 heterocycles. The van der Waals surface area contributed by atoms with Crippen LogP contribution in [0.25, 0.3) is 0 Å². The molecule has 332 valence electrons. The van der Waals surface area contributed by atoms with Crippen LogP contribution < -0.4 is 50.3 Å². The Hall–Kier alpha value is -1.50. The summed E-state index contributed by atoms with van der Waals surface area (Å²) >= 11 is 0. The van der Waals surface area contributed by atoms with Crippen LogP contribution in [0.5, 0.6) is 23.0 Å². The zero-order valence-corrected chi connectivity index (χ0v) is 42.8. The fourth-order valence-corrected chi connectivity index (χ4v) is 1.78. The summed E-state index contributed by atoms with van der Waals surface area (Å²) in [5, 5.41) is 83.3. The van der Waals surface area contributed by atoms with Crippen molar-refractivity contribution in [2.45, 2.75) is 125 Å². The summed E-state index contributed by atoms with van der Waals surface area (Å²) in [7, 11) is 2.85. The maximum atomic E-state index is 12.2. The first kappa shape index (κ1) is 71.0. The first-order valence-electron chi connectivity index (χ1n) is 18.7. The maximum Gasteiger partial charge on any atom is 4.00 e. The van der Waals surface area contributed by atoms with Crippen molar-refractivity contribution in [2.75, 3.05) is 53.9 Å². The number of carbonyl (C=O) groups excluding carboxylic acids is 1. The molecule has 0 amide bonds. The maximum absolute atomic E-state index is 12.2. The summed E-state index contributed by atoms with van der Waals surface area (Å²) in [6, 6.07) is 8.13. The van der Waals surface area contributed by atoms with Gasteiger partial charge in [0.2, 0.25) is 0 Å². The van der Waals surface area contributed by atoms with E-state index in [-0.39, 0.29) is 127 Å². The van der Waals surface area contributed by atoms with Gasteiger partial charge in [0.05, 0.1) is 14.2 Å². The van der Waals surface area contributed by atoms with Crippen LogP contribution in [0.3, 0.4) is 0 Å². The predicted molar refractivity (Wildman–Crippen MR) is 214 cm³/mol. The standard InChI is InChI=1S/C15H14O5.6C5H11O.2Ti/c1-19-9-3-5-11(13(16)7-9)15(18)12-6-4-10(20-2)8-14(12)17;6*1-5(2,3)4-6;;/h3-8,16-17H,1-2H3;6*4H2,1-3H3;;/q;6*-1;2*+4/p-2. The van der Waals surface area contributed by atoms with E-state index in [1.54, 1.807) is 0 Å². The molecule has 0 saturated heterocycles. The molecule has 0 saturated carbocycles. The number of ether oxygens (including phenoxy) is 2. The Morgan fingerprint density at radius 2 is 0.569 bits per heavy atom. The number of hydrogen-bond donors (Lipinski definition) is 0. The van der Waals surface area contributed by atoms with Gasteiger partial charge in [-0.15, -0.1) is 39.6 Å². The van der Waals surface area contributed by atoms with Gasteiger partial charge in [0.25, 0.3) is 0 Å². The molecule has 0 unspecified atom stereocenters. The number of carbonyl (C=O) groups is 1. The Balaban J connectivity index is -0.000000115. The number of methoxy groups -OCH3 is 2. The molecular formula is C45H78O11Ti2. The van der Waals surface area contributed by atoms with E-state index in [4.69, 9.17) is 9.47 Å². The minimum atomic E-state index is -0.606. The van der Waals surface area contributed by atoms with Crippen molar-refractivity contribution in [3.8, 4) is 23.0 Å². The van der Waals surface area contributed by atoms with Crippen LogP contribution in [0.1, 0.15) is 141 Å². The van der Waals surface area contributed by atoms with Gasteiger partial charge in [-0.2, -0.15) is 0 Å². The Labute approximate surface area is 383 Å². The molecule has 0 spiro atoms. The zero-order chi connectivity index (χ0) is 45.9. The van der Waals surface area contributed by atoms with E-state index < -0.39 is 17.3 Å². The summed E-state index contributed by atoms with van der Waals surface area (Å²) in [5.41, 5.74) is -0.207. The van der Waals surface area contributed by atoms with E-state index in [2.05, 4.69) is 0 Å². The molecule has 0 fully saturated rings. The molecule has 58 heavy (non-hydrogen) atoms. The van der Waals surface area contributed by atoms with E-state index in [9.17, 15) is 45.6 Å². The van der Waals surface area contributed by atoms with Crippen LogP contribution in [0.4, 0.5) is 0 Å². The Morgan fingerprint density at radius 1 is 0.414 bits per heavy atom. The van der Waals surface area contributed by atoms with Crippen molar-refractivity contribution in [1.29, 1.82) is 0 Å². The molecule has 0 atom stereocenters. The van der Waals surface area contributed by atoms with E-state index in [1.165, 1.54) is 50.6 Å². The third-order valence-electron chi connectivity index (χ3n) is 5.46. The molecule has 0 radical (unpaired) electrons. The number of hydrogen-bond acceptors (Lipinski definition) is 11. The first-order chi connectivity index (χ1) is 24.9. The van der Waals surface area contributed by atoms with Gasteiger partial charge in [0.15, 0.2) is 5.78 Å². The number of ketones is 1. The summed E-state index contributed by atoms with van der Waals surface area (Å²) in [6.45, 7) is 34.9. The molecule has 2 rings (SSSR count). The normalized spacial score (nSPS) is 10.9. The third-order valence-corrected chi connectivity index (χ3v) is 5.46. The molecule has 0 aliphatic carbocycles. The minimum Gasteiger partial charge on any atom is -0.872 e. The second-order valence-corrected chi connectivity index (χ2v) is 20.3. The molecule has 0 aliphatic heterocycles. The van der Waals surface area contributed by atoms with Gasteiger partial charge in [0, 0.05) is 11.1 Å². The largest absolute Gasteiger partial charge is 4.00 e. The van der Waals surface area contributed by atoms with Gasteiger partial charge in [-0.3, -0.25) is 4.79 Å². The van der Waals surface area contributed by atoms with Gasteiger partial charge in [-0.1, -0.05) is 169 Å². The van der Waals surface area contributed by atoms with Crippen molar-refractivity contribution in [1.82, 2.24) is 0 Å². The molecule has 0 aromatic heterocycles. The molecular weight excluding hydrogens is 812 g/mol. The Kier molecular flexibility index (Phi) is 41.8. The smallest absolute Gasteiger partial charge is 0.872 e. The van der Waals surface area contributed by atoms with Gasteiger partial charge >= 0.3 is 43.4 Å². The topological polar surface area (TPSA) is 220 Å². The molecule has 2 aromatic carbocycles. The third kappa shape index (κ3) is 52.5. The summed E-state index contributed by atoms with van der Waals surface area (Å²) < 4.78 is 9.80. The van der Waals surface area contributed by atoms with Crippen LogP contribution in [0.15, 0.2) is 36.4 Å². The molecule has 11 nitrogen and oxygen atoms in total. The predicted octanol–water partition coefficient (Wildman–Crippen LogP) is 3.43. The monoisotopic (exact) mass is 890 g/mol. The van der Waals surface area contributed by atoms with Crippen molar-refractivity contribution in [3.63, 3.8) is 0 Å². The number of benzene rings is 2. The van der Waals surface area contributed by atoms with Gasteiger partial charge < -0.3 is 50.3 Å². The van der Waals surface area contributed by atoms with E-state index >= 15 is 0 Å². The Bertz CT molecular complexity index is 1110. The van der Waals surface area contributed by atoms with Crippen molar-refractivity contribution in [2.24, 2.45) is 32.5 Å². The van der Waals surface area contributed by atoms with Gasteiger partial charge in [0.1, 0.15) is 11.5 Å². The molecule has 0 bridgehead atoms. The first-order valence-corrected chi connectivity index (χ1v) is 18.7. The number of rotatable bonds is 4. The molecule has 0 aliphatic rings. The van der Waals surface area contributed by atoms with Crippen LogP contribution >= 0.6 is 0 Å². The van der Waals surface area contributed by atoms with Crippen LogP contribution in [-0.4, -0.2) is 59.6 Å². The van der Waals surface area contributed by atoms with Gasteiger partial charge in [-0.25, -0.2) is 0 Å². The van der Waals surface area contributed by atoms with Crippen LogP contribution in [-0.2, 0) is 43.4 Å². The molecule has 2 aromatic rings. The summed E-state index contributed by atoms with van der Waals surface area (Å²) in [5.74, 6) is -0.841. The molecule has 0 N–H and O–H groups in total. The quantitative estimate of drug-likeness (QED) is 0.320.